The zero-order valence-corrected chi connectivity index (χ0v) is 11.1. The Bertz CT molecular complexity index is 598. The van der Waals surface area contributed by atoms with Crippen molar-refractivity contribution in [2.24, 2.45) is 0 Å². The number of carbonyl (C=O) groups excluding carboxylic acids is 1. The number of benzene rings is 1. The van der Waals surface area contributed by atoms with Gasteiger partial charge in [0.05, 0.1) is 17.7 Å². The molecule has 2 N–H and O–H groups in total. The first-order valence-electron chi connectivity index (χ1n) is 6.11. The highest BCUT2D eigenvalue weighted by Crippen LogP contribution is 2.21. The molecule has 19 heavy (non-hydrogen) atoms. The van der Waals surface area contributed by atoms with Crippen molar-refractivity contribution in [1.29, 1.82) is 0 Å². The van der Waals surface area contributed by atoms with Crippen molar-refractivity contribution in [2.75, 3.05) is 32.6 Å². The first kappa shape index (κ1) is 13.3. The van der Waals surface area contributed by atoms with E-state index in [1.54, 1.807) is 20.2 Å². The topological polar surface area (TPSA) is 65.5 Å². The van der Waals surface area contributed by atoms with Gasteiger partial charge in [-0.05, 0) is 12.1 Å². The number of aromatic nitrogens is 1. The highest BCUT2D eigenvalue weighted by Gasteiger charge is 2.16. The maximum absolute atomic E-state index is 12.4. The quantitative estimate of drug-likeness (QED) is 0.869. The maximum Gasteiger partial charge on any atom is 0.254 e. The van der Waals surface area contributed by atoms with Crippen LogP contribution in [-0.2, 0) is 0 Å². The summed E-state index contributed by atoms with van der Waals surface area (Å²) in [7, 11) is 3.44. The first-order chi connectivity index (χ1) is 9.17. The largest absolute Gasteiger partial charge is 0.395 e. The summed E-state index contributed by atoms with van der Waals surface area (Å²) in [5.41, 5.74) is 1.36. The van der Waals surface area contributed by atoms with Crippen LogP contribution in [0.5, 0.6) is 0 Å². The summed E-state index contributed by atoms with van der Waals surface area (Å²) >= 11 is 0. The summed E-state index contributed by atoms with van der Waals surface area (Å²) < 4.78 is 0. The van der Waals surface area contributed by atoms with Crippen molar-refractivity contribution < 1.29 is 9.90 Å². The van der Waals surface area contributed by atoms with Gasteiger partial charge in [0.15, 0.2) is 0 Å². The standard InChI is InChI=1S/C14H17N3O2/c1-15-13-9-11(14(19)17(2)7-8-18)10-5-3-4-6-12(10)16-13/h3-6,9,18H,7-8H2,1-2H3,(H,15,16). The van der Waals surface area contributed by atoms with Crippen LogP contribution in [0.3, 0.4) is 0 Å². The Morgan fingerprint density at radius 3 is 2.84 bits per heavy atom. The Morgan fingerprint density at radius 2 is 2.16 bits per heavy atom. The van der Waals surface area contributed by atoms with E-state index < -0.39 is 0 Å². The fourth-order valence-corrected chi connectivity index (χ4v) is 1.94. The summed E-state index contributed by atoms with van der Waals surface area (Å²) in [4.78, 5) is 18.3. The van der Waals surface area contributed by atoms with E-state index in [0.29, 0.717) is 17.9 Å². The van der Waals surface area contributed by atoms with Gasteiger partial charge in [0, 0.05) is 26.0 Å². The van der Waals surface area contributed by atoms with Crippen LogP contribution >= 0.6 is 0 Å². The van der Waals surface area contributed by atoms with E-state index in [0.717, 1.165) is 10.9 Å². The smallest absolute Gasteiger partial charge is 0.254 e. The molecule has 1 aromatic heterocycles. The summed E-state index contributed by atoms with van der Waals surface area (Å²) in [5.74, 6) is 0.531. The summed E-state index contributed by atoms with van der Waals surface area (Å²) in [6.07, 6.45) is 0. The molecule has 0 aliphatic heterocycles. The van der Waals surface area contributed by atoms with Gasteiger partial charge in [-0.15, -0.1) is 0 Å². The maximum atomic E-state index is 12.4. The third kappa shape index (κ3) is 2.66. The number of fused-ring (bicyclic) bond motifs is 1. The van der Waals surface area contributed by atoms with Gasteiger partial charge < -0.3 is 15.3 Å². The van der Waals surface area contributed by atoms with Crippen molar-refractivity contribution in [1.82, 2.24) is 9.88 Å². The summed E-state index contributed by atoms with van der Waals surface area (Å²) in [6, 6.07) is 9.26. The lowest BCUT2D eigenvalue weighted by atomic mass is 10.1. The second kappa shape index (κ2) is 5.67. The van der Waals surface area contributed by atoms with Crippen LogP contribution in [0.25, 0.3) is 10.9 Å². The molecule has 0 fully saturated rings. The van der Waals surface area contributed by atoms with Crippen molar-refractivity contribution in [3.63, 3.8) is 0 Å². The van der Waals surface area contributed by atoms with Crippen molar-refractivity contribution in [3.8, 4) is 0 Å². The van der Waals surface area contributed by atoms with E-state index in [9.17, 15) is 4.79 Å². The molecular formula is C14H17N3O2. The van der Waals surface area contributed by atoms with Crippen molar-refractivity contribution in [3.05, 3.63) is 35.9 Å². The number of rotatable bonds is 4. The van der Waals surface area contributed by atoms with Crippen LogP contribution in [0.15, 0.2) is 30.3 Å². The molecule has 5 nitrogen and oxygen atoms in total. The number of aliphatic hydroxyl groups excluding tert-OH is 1. The molecule has 0 radical (unpaired) electrons. The molecule has 0 saturated carbocycles. The van der Waals surface area contributed by atoms with Gasteiger partial charge in [-0.1, -0.05) is 18.2 Å². The van der Waals surface area contributed by atoms with E-state index >= 15 is 0 Å². The zero-order chi connectivity index (χ0) is 13.8. The van der Waals surface area contributed by atoms with Gasteiger partial charge in [-0.2, -0.15) is 0 Å². The van der Waals surface area contributed by atoms with E-state index in [1.165, 1.54) is 4.90 Å². The molecule has 0 saturated heterocycles. The van der Waals surface area contributed by atoms with E-state index in [1.807, 2.05) is 24.3 Å². The Balaban J connectivity index is 2.54. The van der Waals surface area contributed by atoms with Crippen LogP contribution in [-0.4, -0.2) is 48.1 Å². The third-order valence-corrected chi connectivity index (χ3v) is 2.98. The molecule has 100 valence electrons. The number of para-hydroxylation sites is 1. The Kier molecular flexibility index (Phi) is 3.97. The highest BCUT2D eigenvalue weighted by molar-refractivity contribution is 6.06. The summed E-state index contributed by atoms with van der Waals surface area (Å²) in [6.45, 7) is 0.258. The molecular weight excluding hydrogens is 242 g/mol. The third-order valence-electron chi connectivity index (χ3n) is 2.98. The van der Waals surface area contributed by atoms with Gasteiger partial charge >= 0.3 is 0 Å². The monoisotopic (exact) mass is 259 g/mol. The number of anilines is 1. The molecule has 2 aromatic rings. The summed E-state index contributed by atoms with van der Waals surface area (Å²) in [5, 5.41) is 12.7. The average Bonchev–Trinajstić information content (AvgIpc) is 2.45. The molecule has 0 unspecified atom stereocenters. The number of amides is 1. The average molecular weight is 259 g/mol. The van der Waals surface area contributed by atoms with Gasteiger partial charge in [0.1, 0.15) is 5.82 Å². The molecule has 1 aromatic carbocycles. The normalized spacial score (nSPS) is 10.5. The van der Waals surface area contributed by atoms with E-state index in [2.05, 4.69) is 10.3 Å². The Morgan fingerprint density at radius 1 is 1.42 bits per heavy atom. The van der Waals surface area contributed by atoms with E-state index in [4.69, 9.17) is 5.11 Å². The minimum atomic E-state index is -0.121. The Labute approximate surface area is 111 Å². The number of pyridine rings is 1. The molecule has 0 aliphatic rings. The fourth-order valence-electron chi connectivity index (χ4n) is 1.94. The predicted molar refractivity (Wildman–Crippen MR) is 75.3 cm³/mol. The molecule has 5 heteroatoms. The van der Waals surface area contributed by atoms with Crippen molar-refractivity contribution >= 4 is 22.6 Å². The second-order valence-electron chi connectivity index (χ2n) is 4.27. The fraction of sp³-hybridized carbons (Fsp3) is 0.286. The number of likely N-dealkylation sites (N-methyl/N-ethyl adjacent to an activating group) is 1. The molecule has 1 amide bonds. The molecule has 0 atom stereocenters. The van der Waals surface area contributed by atoms with Crippen molar-refractivity contribution in [2.45, 2.75) is 0 Å². The van der Waals surface area contributed by atoms with Crippen LogP contribution < -0.4 is 5.32 Å². The SMILES string of the molecule is CNc1cc(C(=O)N(C)CCO)c2ccccc2n1. The number of hydrogen-bond acceptors (Lipinski definition) is 4. The predicted octanol–water partition coefficient (Wildman–Crippen LogP) is 1.34. The second-order valence-corrected chi connectivity index (χ2v) is 4.27. The highest BCUT2D eigenvalue weighted by atomic mass is 16.3. The van der Waals surface area contributed by atoms with Gasteiger partial charge in [0.2, 0.25) is 0 Å². The van der Waals surface area contributed by atoms with Crippen LogP contribution in [0.1, 0.15) is 10.4 Å². The van der Waals surface area contributed by atoms with Crippen LogP contribution in [0.4, 0.5) is 5.82 Å². The lowest BCUT2D eigenvalue weighted by Crippen LogP contribution is -2.29. The lowest BCUT2D eigenvalue weighted by Gasteiger charge is -2.17. The first-order valence-corrected chi connectivity index (χ1v) is 6.11. The minimum Gasteiger partial charge on any atom is -0.395 e. The van der Waals surface area contributed by atoms with Gasteiger partial charge in [-0.25, -0.2) is 4.98 Å². The number of aliphatic hydroxyl groups is 1. The minimum absolute atomic E-state index is 0.0514. The lowest BCUT2D eigenvalue weighted by molar-refractivity contribution is 0.0769. The number of nitrogens with one attached hydrogen (secondary N) is 1. The van der Waals surface area contributed by atoms with Gasteiger partial charge in [-0.3, -0.25) is 4.79 Å². The van der Waals surface area contributed by atoms with Crippen LogP contribution in [0.2, 0.25) is 0 Å². The molecule has 0 bridgehead atoms. The van der Waals surface area contributed by atoms with Gasteiger partial charge in [0.25, 0.3) is 5.91 Å². The number of nitrogens with zero attached hydrogens (tertiary/aromatic N) is 2. The van der Waals surface area contributed by atoms with Crippen LogP contribution in [0, 0.1) is 0 Å². The molecule has 2 rings (SSSR count). The molecule has 1 heterocycles. The number of hydrogen-bond donors (Lipinski definition) is 2. The number of carbonyl (C=O) groups is 1. The molecule has 0 spiro atoms. The van der Waals surface area contributed by atoms with E-state index in [-0.39, 0.29) is 12.5 Å². The zero-order valence-electron chi connectivity index (χ0n) is 11.1. The Hall–Kier alpha value is -2.14. The molecule has 0 aliphatic carbocycles.